The highest BCUT2D eigenvalue weighted by Crippen LogP contribution is 2.23. The molecule has 0 unspecified atom stereocenters. The van der Waals surface area contributed by atoms with E-state index in [9.17, 15) is 14.9 Å². The summed E-state index contributed by atoms with van der Waals surface area (Å²) < 4.78 is 5.24. The second-order valence-corrected chi connectivity index (χ2v) is 5.45. The number of oxazole rings is 1. The minimum absolute atomic E-state index is 0.0207. The number of carbonyl (C=O) groups excluding carboxylic acids is 1. The molecular formula is C18H16N4O4. The lowest BCUT2D eigenvalue weighted by Crippen LogP contribution is -2.16. The number of aromatic nitrogens is 1. The molecule has 0 spiro atoms. The zero-order valence-corrected chi connectivity index (χ0v) is 13.7. The number of nitro groups is 1. The van der Waals surface area contributed by atoms with Crippen molar-refractivity contribution < 1.29 is 14.1 Å². The summed E-state index contributed by atoms with van der Waals surface area (Å²) in [5.41, 5.74) is 1.80. The summed E-state index contributed by atoms with van der Waals surface area (Å²) in [4.78, 5) is 26.5. The van der Waals surface area contributed by atoms with Crippen LogP contribution in [-0.2, 0) is 4.79 Å². The van der Waals surface area contributed by atoms with E-state index in [1.54, 1.807) is 42.6 Å². The highest BCUT2D eigenvalue weighted by Gasteiger charge is 2.12. The van der Waals surface area contributed by atoms with Gasteiger partial charge in [-0.25, -0.2) is 4.98 Å². The normalized spacial score (nSPS) is 10.3. The molecule has 0 saturated heterocycles. The lowest BCUT2D eigenvalue weighted by Gasteiger charge is -2.08. The molecule has 2 aromatic carbocycles. The zero-order valence-electron chi connectivity index (χ0n) is 13.7. The number of hydrogen-bond acceptors (Lipinski definition) is 6. The van der Waals surface area contributed by atoms with Crippen LogP contribution in [0.2, 0.25) is 0 Å². The first-order valence-electron chi connectivity index (χ1n) is 7.89. The minimum Gasteiger partial charge on any atom is -0.444 e. The van der Waals surface area contributed by atoms with Crippen molar-refractivity contribution in [2.75, 3.05) is 17.2 Å². The van der Waals surface area contributed by atoms with Crippen LogP contribution in [-0.4, -0.2) is 22.4 Å². The van der Waals surface area contributed by atoms with Crippen LogP contribution < -0.4 is 10.6 Å². The van der Waals surface area contributed by atoms with E-state index in [1.807, 2.05) is 6.07 Å². The SMILES string of the molecule is O=C(CCNc1ccccc1[N+](=O)[O-])Nc1cccc(-c2cnco2)c1. The van der Waals surface area contributed by atoms with E-state index >= 15 is 0 Å². The number of benzene rings is 2. The number of nitro benzene ring substituents is 1. The summed E-state index contributed by atoms with van der Waals surface area (Å²) in [5.74, 6) is 0.407. The number of nitrogens with zero attached hydrogens (tertiary/aromatic N) is 2. The van der Waals surface area contributed by atoms with Crippen LogP contribution in [0.15, 0.2) is 65.5 Å². The van der Waals surface area contributed by atoms with Crippen molar-refractivity contribution in [3.05, 3.63) is 71.2 Å². The Hall–Kier alpha value is -3.68. The fraction of sp³-hybridized carbons (Fsp3) is 0.111. The third-order valence-corrected chi connectivity index (χ3v) is 3.63. The zero-order chi connectivity index (χ0) is 18.4. The third-order valence-electron chi connectivity index (χ3n) is 3.63. The molecule has 0 saturated carbocycles. The summed E-state index contributed by atoms with van der Waals surface area (Å²) >= 11 is 0. The molecule has 3 aromatic rings. The largest absolute Gasteiger partial charge is 0.444 e. The molecular weight excluding hydrogens is 336 g/mol. The lowest BCUT2D eigenvalue weighted by atomic mass is 10.1. The van der Waals surface area contributed by atoms with Crippen LogP contribution >= 0.6 is 0 Å². The Morgan fingerprint density at radius 3 is 2.81 bits per heavy atom. The molecule has 0 aliphatic rings. The number of hydrogen-bond donors (Lipinski definition) is 2. The molecule has 0 atom stereocenters. The van der Waals surface area contributed by atoms with Crippen LogP contribution in [0.5, 0.6) is 0 Å². The average molecular weight is 352 g/mol. The Morgan fingerprint density at radius 1 is 1.19 bits per heavy atom. The van der Waals surface area contributed by atoms with Gasteiger partial charge in [0.15, 0.2) is 12.2 Å². The van der Waals surface area contributed by atoms with E-state index in [0.29, 0.717) is 17.1 Å². The number of rotatable bonds is 7. The van der Waals surface area contributed by atoms with Crippen molar-refractivity contribution in [2.24, 2.45) is 0 Å². The Kier molecular flexibility index (Phi) is 5.23. The summed E-state index contributed by atoms with van der Waals surface area (Å²) in [6.07, 6.45) is 3.10. The van der Waals surface area contributed by atoms with Crippen molar-refractivity contribution >= 4 is 23.0 Å². The molecule has 1 aromatic heterocycles. The van der Waals surface area contributed by atoms with Gasteiger partial charge in [-0.3, -0.25) is 14.9 Å². The molecule has 0 bridgehead atoms. The van der Waals surface area contributed by atoms with Crippen LogP contribution in [0.4, 0.5) is 17.1 Å². The molecule has 0 fully saturated rings. The number of para-hydroxylation sites is 2. The van der Waals surface area contributed by atoms with E-state index in [0.717, 1.165) is 5.56 Å². The van der Waals surface area contributed by atoms with Crippen molar-refractivity contribution in [1.82, 2.24) is 4.98 Å². The van der Waals surface area contributed by atoms with Gasteiger partial charge < -0.3 is 15.1 Å². The van der Waals surface area contributed by atoms with Gasteiger partial charge in [0.1, 0.15) is 5.69 Å². The first-order chi connectivity index (χ1) is 12.6. The van der Waals surface area contributed by atoms with Crippen LogP contribution in [0.25, 0.3) is 11.3 Å². The Labute approximate surface area is 149 Å². The maximum Gasteiger partial charge on any atom is 0.292 e. The first-order valence-corrected chi connectivity index (χ1v) is 7.89. The van der Waals surface area contributed by atoms with Crippen LogP contribution in [0.3, 0.4) is 0 Å². The van der Waals surface area contributed by atoms with Gasteiger partial charge in [-0.05, 0) is 18.2 Å². The van der Waals surface area contributed by atoms with Gasteiger partial charge in [-0.2, -0.15) is 0 Å². The number of nitrogens with one attached hydrogen (secondary N) is 2. The Balaban J connectivity index is 1.55. The maximum atomic E-state index is 12.1. The number of carbonyl (C=O) groups is 1. The Morgan fingerprint density at radius 2 is 2.04 bits per heavy atom. The monoisotopic (exact) mass is 352 g/mol. The summed E-state index contributed by atoms with van der Waals surface area (Å²) in [6.45, 7) is 0.276. The van der Waals surface area contributed by atoms with E-state index in [2.05, 4.69) is 15.6 Å². The average Bonchev–Trinajstić information content (AvgIpc) is 3.17. The standard InChI is InChI=1S/C18H16N4O4/c23-18(8-9-20-15-6-1-2-7-16(15)22(24)25)21-14-5-3-4-13(10-14)17-11-19-12-26-17/h1-7,10-12,20H,8-9H2,(H,21,23). The number of amides is 1. The molecule has 0 aliphatic heterocycles. The quantitative estimate of drug-likeness (QED) is 0.495. The van der Waals surface area contributed by atoms with Crippen molar-refractivity contribution in [3.8, 4) is 11.3 Å². The second kappa shape index (κ2) is 7.93. The first kappa shape index (κ1) is 17.2. The second-order valence-electron chi connectivity index (χ2n) is 5.45. The summed E-state index contributed by atoms with van der Waals surface area (Å²) in [5, 5.41) is 16.7. The van der Waals surface area contributed by atoms with Crippen LogP contribution in [0.1, 0.15) is 6.42 Å². The molecule has 0 aliphatic carbocycles. The highest BCUT2D eigenvalue weighted by atomic mass is 16.6. The minimum atomic E-state index is -0.461. The van der Waals surface area contributed by atoms with E-state index in [4.69, 9.17) is 4.42 Å². The van der Waals surface area contributed by atoms with Gasteiger partial charge >= 0.3 is 0 Å². The predicted molar refractivity (Wildman–Crippen MR) is 96.8 cm³/mol. The molecule has 1 heterocycles. The smallest absolute Gasteiger partial charge is 0.292 e. The van der Waals surface area contributed by atoms with Crippen LogP contribution in [0, 0.1) is 10.1 Å². The van der Waals surface area contributed by atoms with E-state index in [-0.39, 0.29) is 24.6 Å². The summed E-state index contributed by atoms with van der Waals surface area (Å²) in [7, 11) is 0. The van der Waals surface area contributed by atoms with E-state index < -0.39 is 4.92 Å². The van der Waals surface area contributed by atoms with Crippen molar-refractivity contribution in [3.63, 3.8) is 0 Å². The van der Waals surface area contributed by atoms with Gasteiger partial charge in [-0.15, -0.1) is 0 Å². The molecule has 26 heavy (non-hydrogen) atoms. The third kappa shape index (κ3) is 4.23. The summed E-state index contributed by atoms with van der Waals surface area (Å²) in [6, 6.07) is 13.5. The fourth-order valence-corrected chi connectivity index (χ4v) is 2.43. The lowest BCUT2D eigenvalue weighted by molar-refractivity contribution is -0.384. The molecule has 0 radical (unpaired) electrons. The molecule has 8 nitrogen and oxygen atoms in total. The van der Waals surface area contributed by atoms with Crippen molar-refractivity contribution in [2.45, 2.75) is 6.42 Å². The van der Waals surface area contributed by atoms with E-state index in [1.165, 1.54) is 12.5 Å². The van der Waals surface area contributed by atoms with Crippen molar-refractivity contribution in [1.29, 1.82) is 0 Å². The number of anilines is 2. The highest BCUT2D eigenvalue weighted by molar-refractivity contribution is 5.91. The van der Waals surface area contributed by atoms with Gasteiger partial charge in [0, 0.05) is 30.3 Å². The Bertz CT molecular complexity index is 909. The molecule has 1 amide bonds. The molecule has 2 N–H and O–H groups in total. The maximum absolute atomic E-state index is 12.1. The molecule has 132 valence electrons. The topological polar surface area (TPSA) is 110 Å². The molecule has 3 rings (SSSR count). The van der Waals surface area contributed by atoms with Gasteiger partial charge in [0.2, 0.25) is 5.91 Å². The van der Waals surface area contributed by atoms with Gasteiger partial charge in [-0.1, -0.05) is 24.3 Å². The van der Waals surface area contributed by atoms with Gasteiger partial charge in [0.05, 0.1) is 11.1 Å². The van der Waals surface area contributed by atoms with Gasteiger partial charge in [0.25, 0.3) is 5.69 Å². The predicted octanol–water partition coefficient (Wildman–Crippen LogP) is 3.69. The fourth-order valence-electron chi connectivity index (χ4n) is 2.43. The molecule has 8 heteroatoms.